The van der Waals surface area contributed by atoms with Crippen molar-refractivity contribution in [2.75, 3.05) is 6.54 Å². The molecular weight excluding hydrogens is 304 g/mol. The fraction of sp³-hybridized carbons (Fsp3) is 0.588. The van der Waals surface area contributed by atoms with Gasteiger partial charge in [0.15, 0.2) is 0 Å². The Kier molecular flexibility index (Phi) is 6.77. The third-order valence-corrected chi connectivity index (χ3v) is 4.24. The molecule has 1 amide bonds. The van der Waals surface area contributed by atoms with Gasteiger partial charge in [-0.1, -0.05) is 37.8 Å². The molecule has 23 heavy (non-hydrogen) atoms. The molecule has 0 radical (unpaired) electrons. The van der Waals surface area contributed by atoms with Crippen LogP contribution in [0.5, 0.6) is 5.75 Å². The number of halogens is 2. The van der Waals surface area contributed by atoms with E-state index in [1.165, 1.54) is 49.9 Å². The topological polar surface area (TPSA) is 58.6 Å². The minimum absolute atomic E-state index is 0.0385. The molecule has 1 aliphatic rings. The van der Waals surface area contributed by atoms with Gasteiger partial charge in [0.2, 0.25) is 5.91 Å². The Morgan fingerprint density at radius 3 is 2.52 bits per heavy atom. The molecule has 1 aromatic carbocycles. The number of aliphatic hydroxyl groups is 1. The zero-order valence-corrected chi connectivity index (χ0v) is 13.0. The van der Waals surface area contributed by atoms with Crippen molar-refractivity contribution in [2.45, 2.75) is 51.2 Å². The van der Waals surface area contributed by atoms with Crippen molar-refractivity contribution in [1.29, 1.82) is 0 Å². The van der Waals surface area contributed by atoms with E-state index in [4.69, 9.17) is 0 Å². The van der Waals surface area contributed by atoms with Crippen molar-refractivity contribution in [3.8, 4) is 5.75 Å². The normalized spacial score (nSPS) is 16.5. The molecule has 2 rings (SSSR count). The van der Waals surface area contributed by atoms with Crippen molar-refractivity contribution in [3.05, 3.63) is 29.8 Å². The summed E-state index contributed by atoms with van der Waals surface area (Å²) in [6.07, 6.45) is 5.46. The molecule has 1 saturated carbocycles. The summed E-state index contributed by atoms with van der Waals surface area (Å²) in [6.45, 7) is -2.76. The second kappa shape index (κ2) is 8.82. The molecule has 0 bridgehead atoms. The van der Waals surface area contributed by atoms with Gasteiger partial charge >= 0.3 is 6.61 Å². The standard InChI is InChI=1S/C17H23F2NO3/c18-17(19)23-14-8-6-13(7-9-14)15(21)11-20-16(22)10-5-12-3-1-2-4-12/h6-9,12,15,17,21H,1-5,10-11H2,(H,20,22). The summed E-state index contributed by atoms with van der Waals surface area (Å²) in [5.74, 6) is 0.637. The zero-order valence-electron chi connectivity index (χ0n) is 13.0. The van der Waals surface area contributed by atoms with E-state index in [0.717, 1.165) is 6.42 Å². The lowest BCUT2D eigenvalue weighted by Gasteiger charge is -2.14. The summed E-state index contributed by atoms with van der Waals surface area (Å²) in [5.41, 5.74) is 0.544. The molecule has 0 aliphatic heterocycles. The number of benzene rings is 1. The summed E-state index contributed by atoms with van der Waals surface area (Å²) >= 11 is 0. The van der Waals surface area contributed by atoms with Crippen LogP contribution in [0.4, 0.5) is 8.78 Å². The molecule has 4 nitrogen and oxygen atoms in total. The van der Waals surface area contributed by atoms with Gasteiger partial charge < -0.3 is 15.2 Å². The first kappa shape index (κ1) is 17.7. The van der Waals surface area contributed by atoms with Gasteiger partial charge in [0.25, 0.3) is 0 Å². The highest BCUT2D eigenvalue weighted by Gasteiger charge is 2.16. The summed E-state index contributed by atoms with van der Waals surface area (Å²) < 4.78 is 28.4. The predicted octanol–water partition coefficient (Wildman–Crippen LogP) is 3.41. The molecule has 1 aliphatic carbocycles. The highest BCUT2D eigenvalue weighted by molar-refractivity contribution is 5.75. The monoisotopic (exact) mass is 327 g/mol. The number of carbonyl (C=O) groups is 1. The maximum absolute atomic E-state index is 12.1. The van der Waals surface area contributed by atoms with Crippen molar-refractivity contribution in [3.63, 3.8) is 0 Å². The Morgan fingerprint density at radius 1 is 1.26 bits per heavy atom. The Morgan fingerprint density at radius 2 is 1.91 bits per heavy atom. The molecule has 1 unspecified atom stereocenters. The largest absolute Gasteiger partial charge is 0.435 e. The molecule has 6 heteroatoms. The van der Waals surface area contributed by atoms with Crippen molar-refractivity contribution >= 4 is 5.91 Å². The first-order valence-electron chi connectivity index (χ1n) is 8.04. The van der Waals surface area contributed by atoms with Crippen LogP contribution in [-0.2, 0) is 4.79 Å². The fourth-order valence-electron chi connectivity index (χ4n) is 2.92. The van der Waals surface area contributed by atoms with Crippen molar-refractivity contribution in [1.82, 2.24) is 5.32 Å². The highest BCUT2D eigenvalue weighted by atomic mass is 19.3. The molecular formula is C17H23F2NO3. The first-order valence-corrected chi connectivity index (χ1v) is 8.04. The maximum atomic E-state index is 12.1. The van der Waals surface area contributed by atoms with Gasteiger partial charge in [-0.25, -0.2) is 0 Å². The second-order valence-electron chi connectivity index (χ2n) is 5.96. The Balaban J connectivity index is 1.70. The number of alkyl halides is 2. The van der Waals surface area contributed by atoms with E-state index in [1.807, 2.05) is 0 Å². The third-order valence-electron chi connectivity index (χ3n) is 4.24. The minimum Gasteiger partial charge on any atom is -0.435 e. The van der Waals surface area contributed by atoms with Crippen LogP contribution in [0.25, 0.3) is 0 Å². The molecule has 128 valence electrons. The Labute approximate surface area is 134 Å². The van der Waals surface area contributed by atoms with E-state index in [1.54, 1.807) is 0 Å². The summed E-state index contributed by atoms with van der Waals surface area (Å²) in [6, 6.07) is 5.75. The van der Waals surface area contributed by atoms with Gasteiger partial charge in [0, 0.05) is 13.0 Å². The number of nitrogens with one attached hydrogen (secondary N) is 1. The second-order valence-corrected chi connectivity index (χ2v) is 5.96. The molecule has 1 aromatic rings. The molecule has 1 fully saturated rings. The number of hydrogen-bond acceptors (Lipinski definition) is 3. The summed E-state index contributed by atoms with van der Waals surface area (Å²) in [7, 11) is 0. The van der Waals surface area contributed by atoms with Crippen LogP contribution in [0.3, 0.4) is 0 Å². The predicted molar refractivity (Wildman–Crippen MR) is 82.2 cm³/mol. The van der Waals surface area contributed by atoms with Crippen LogP contribution in [0.1, 0.15) is 50.2 Å². The van der Waals surface area contributed by atoms with Gasteiger partial charge in [-0.2, -0.15) is 8.78 Å². The number of hydrogen-bond donors (Lipinski definition) is 2. The minimum atomic E-state index is -2.87. The average Bonchev–Trinajstić information content (AvgIpc) is 3.04. The van der Waals surface area contributed by atoms with Crippen LogP contribution in [0.2, 0.25) is 0 Å². The van der Waals surface area contributed by atoms with Crippen LogP contribution >= 0.6 is 0 Å². The fourth-order valence-corrected chi connectivity index (χ4v) is 2.92. The first-order chi connectivity index (χ1) is 11.0. The van der Waals surface area contributed by atoms with E-state index < -0.39 is 12.7 Å². The number of carbonyl (C=O) groups excluding carboxylic acids is 1. The molecule has 1 atom stereocenters. The molecule has 0 spiro atoms. The lowest BCUT2D eigenvalue weighted by molar-refractivity contribution is -0.121. The molecule has 0 heterocycles. The van der Waals surface area contributed by atoms with E-state index in [9.17, 15) is 18.7 Å². The summed E-state index contributed by atoms with van der Waals surface area (Å²) in [5, 5.41) is 12.7. The molecule has 0 saturated heterocycles. The van der Waals surface area contributed by atoms with Gasteiger partial charge in [0.05, 0.1) is 6.10 Å². The maximum Gasteiger partial charge on any atom is 0.387 e. The SMILES string of the molecule is O=C(CCC1CCCC1)NCC(O)c1ccc(OC(F)F)cc1. The van der Waals surface area contributed by atoms with Gasteiger partial charge in [-0.05, 0) is 30.0 Å². The van der Waals surface area contributed by atoms with Crippen LogP contribution in [0.15, 0.2) is 24.3 Å². The lowest BCUT2D eigenvalue weighted by atomic mass is 10.0. The average molecular weight is 327 g/mol. The Hall–Kier alpha value is -1.69. The van der Waals surface area contributed by atoms with Gasteiger partial charge in [0.1, 0.15) is 5.75 Å². The lowest BCUT2D eigenvalue weighted by Crippen LogP contribution is -2.28. The van der Waals surface area contributed by atoms with E-state index in [0.29, 0.717) is 17.9 Å². The third kappa shape index (κ3) is 6.14. The number of aliphatic hydroxyl groups excluding tert-OH is 1. The molecule has 2 N–H and O–H groups in total. The van der Waals surface area contributed by atoms with Crippen LogP contribution in [0, 0.1) is 5.92 Å². The number of ether oxygens (including phenoxy) is 1. The van der Waals surface area contributed by atoms with Gasteiger partial charge in [-0.15, -0.1) is 0 Å². The number of rotatable bonds is 8. The van der Waals surface area contributed by atoms with E-state index in [-0.39, 0.29) is 18.2 Å². The zero-order chi connectivity index (χ0) is 16.7. The summed E-state index contributed by atoms with van der Waals surface area (Å²) in [4.78, 5) is 11.8. The van der Waals surface area contributed by atoms with Crippen LogP contribution in [-0.4, -0.2) is 24.2 Å². The van der Waals surface area contributed by atoms with Crippen molar-refractivity contribution < 1.29 is 23.4 Å². The van der Waals surface area contributed by atoms with E-state index in [2.05, 4.69) is 10.1 Å². The number of amides is 1. The van der Waals surface area contributed by atoms with Crippen LogP contribution < -0.4 is 10.1 Å². The quantitative estimate of drug-likeness (QED) is 0.769. The van der Waals surface area contributed by atoms with E-state index >= 15 is 0 Å². The Bertz CT molecular complexity index is 487. The van der Waals surface area contributed by atoms with Gasteiger partial charge in [-0.3, -0.25) is 4.79 Å². The smallest absolute Gasteiger partial charge is 0.387 e. The highest BCUT2D eigenvalue weighted by Crippen LogP contribution is 2.28. The molecule has 0 aromatic heterocycles. The van der Waals surface area contributed by atoms with Crippen molar-refractivity contribution in [2.24, 2.45) is 5.92 Å².